The third kappa shape index (κ3) is 2.82. The van der Waals surface area contributed by atoms with Crippen molar-refractivity contribution in [1.82, 2.24) is 0 Å². The summed E-state index contributed by atoms with van der Waals surface area (Å²) in [6, 6.07) is 6.03. The fraction of sp³-hybridized carbons (Fsp3) is 0.435. The van der Waals surface area contributed by atoms with Crippen LogP contribution in [0.15, 0.2) is 24.3 Å². The van der Waals surface area contributed by atoms with Gasteiger partial charge in [-0.25, -0.2) is 0 Å². The second kappa shape index (κ2) is 6.23. The number of hydrogen-bond acceptors (Lipinski definition) is 4. The van der Waals surface area contributed by atoms with E-state index in [1.54, 1.807) is 24.5 Å². The van der Waals surface area contributed by atoms with Crippen LogP contribution >= 0.6 is 11.3 Å². The van der Waals surface area contributed by atoms with Crippen molar-refractivity contribution in [3.05, 3.63) is 50.7 Å². The van der Waals surface area contributed by atoms with Crippen LogP contribution in [-0.4, -0.2) is 27.0 Å². The molecule has 1 heterocycles. The van der Waals surface area contributed by atoms with Gasteiger partial charge in [-0.2, -0.15) is 0 Å². The first-order valence-corrected chi connectivity index (χ1v) is 10.3. The Kier molecular flexibility index (Phi) is 4.22. The molecule has 2 aliphatic carbocycles. The molecule has 1 aromatic heterocycles. The van der Waals surface area contributed by atoms with E-state index in [-0.39, 0.29) is 5.78 Å². The van der Waals surface area contributed by atoms with Gasteiger partial charge in [0, 0.05) is 36.3 Å². The van der Waals surface area contributed by atoms with E-state index in [2.05, 4.69) is 20.8 Å². The van der Waals surface area contributed by atoms with Crippen molar-refractivity contribution < 1.29 is 9.53 Å². The van der Waals surface area contributed by atoms with E-state index < -0.39 is 0 Å². The molecule has 2 aromatic rings. The summed E-state index contributed by atoms with van der Waals surface area (Å²) >= 11 is 1.67. The average Bonchev–Trinajstić information content (AvgIpc) is 2.96. The van der Waals surface area contributed by atoms with Crippen LogP contribution in [0.2, 0.25) is 0 Å². The highest BCUT2D eigenvalue weighted by Gasteiger charge is 2.63. The van der Waals surface area contributed by atoms with Crippen LogP contribution in [0.3, 0.4) is 0 Å². The number of carbonyl (C=O) groups is 1. The van der Waals surface area contributed by atoms with Gasteiger partial charge in [-0.15, -0.1) is 11.3 Å². The molecule has 1 fully saturated rings. The molecule has 4 heteroatoms. The summed E-state index contributed by atoms with van der Waals surface area (Å²) in [5, 5.41) is 0. The predicted molar refractivity (Wildman–Crippen MR) is 113 cm³/mol. The Morgan fingerprint density at radius 1 is 1.33 bits per heavy atom. The summed E-state index contributed by atoms with van der Waals surface area (Å²) in [6.45, 7) is 6.88. The summed E-state index contributed by atoms with van der Waals surface area (Å²) in [7, 11) is 5.66. The lowest BCUT2D eigenvalue weighted by Crippen LogP contribution is -2.08. The number of allylic oxidation sites excluding steroid dienone is 1. The Morgan fingerprint density at radius 3 is 2.74 bits per heavy atom. The fourth-order valence-corrected chi connectivity index (χ4v) is 5.84. The molecule has 0 bridgehead atoms. The Bertz CT molecular complexity index is 952. The lowest BCUT2D eigenvalue weighted by molar-refractivity contribution is 0.105. The maximum Gasteiger partial charge on any atom is 0.196 e. The maximum atomic E-state index is 12.9. The molecular weight excluding hydrogens is 354 g/mol. The number of ketones is 1. The zero-order valence-electron chi connectivity index (χ0n) is 16.9. The van der Waals surface area contributed by atoms with Crippen molar-refractivity contribution in [2.24, 2.45) is 11.3 Å². The van der Waals surface area contributed by atoms with Crippen LogP contribution in [-0.2, 0) is 6.42 Å². The van der Waals surface area contributed by atoms with Crippen molar-refractivity contribution in [1.29, 1.82) is 0 Å². The predicted octanol–water partition coefficient (Wildman–Crippen LogP) is 5.32. The van der Waals surface area contributed by atoms with E-state index in [9.17, 15) is 4.79 Å². The van der Waals surface area contributed by atoms with Gasteiger partial charge in [0.2, 0.25) is 0 Å². The van der Waals surface area contributed by atoms with Gasteiger partial charge in [0.15, 0.2) is 5.78 Å². The number of rotatable bonds is 5. The second-order valence-corrected chi connectivity index (χ2v) is 9.73. The zero-order valence-corrected chi connectivity index (χ0v) is 17.7. The summed E-state index contributed by atoms with van der Waals surface area (Å²) in [5.74, 6) is 2.28. The maximum absolute atomic E-state index is 12.9. The molecule has 0 N–H and O–H groups in total. The van der Waals surface area contributed by atoms with Gasteiger partial charge < -0.3 is 9.64 Å². The summed E-state index contributed by atoms with van der Waals surface area (Å²) < 4.78 is 5.51. The Hall–Kier alpha value is -2.07. The van der Waals surface area contributed by atoms with Crippen molar-refractivity contribution >= 4 is 28.9 Å². The van der Waals surface area contributed by atoms with Crippen LogP contribution in [0.5, 0.6) is 5.75 Å². The van der Waals surface area contributed by atoms with Gasteiger partial charge in [-0.1, -0.05) is 13.8 Å². The number of thiophene rings is 1. The normalized spacial score (nSPS) is 21.9. The molecule has 142 valence electrons. The average molecular weight is 382 g/mol. The first-order chi connectivity index (χ1) is 12.8. The summed E-state index contributed by atoms with van der Waals surface area (Å²) in [4.78, 5) is 17.2. The zero-order chi connectivity index (χ0) is 19.5. The number of nitrogens with zero attached hydrogens (tertiary/aromatic N) is 1. The highest BCUT2D eigenvalue weighted by molar-refractivity contribution is 7.14. The van der Waals surface area contributed by atoms with Crippen LogP contribution in [0.25, 0.3) is 6.08 Å². The molecule has 27 heavy (non-hydrogen) atoms. The van der Waals surface area contributed by atoms with E-state index in [4.69, 9.17) is 4.74 Å². The smallest absolute Gasteiger partial charge is 0.196 e. The van der Waals surface area contributed by atoms with Gasteiger partial charge in [0.1, 0.15) is 5.75 Å². The lowest BCUT2D eigenvalue weighted by atomic mass is 9.94. The highest BCUT2D eigenvalue weighted by atomic mass is 32.1. The number of hydrogen-bond donors (Lipinski definition) is 0. The molecule has 2 aliphatic rings. The fourth-order valence-electron chi connectivity index (χ4n) is 4.69. The molecule has 4 rings (SSSR count). The minimum atomic E-state index is 0.113. The van der Waals surface area contributed by atoms with E-state index >= 15 is 0 Å². The van der Waals surface area contributed by atoms with Crippen molar-refractivity contribution in [3.63, 3.8) is 0 Å². The first kappa shape index (κ1) is 18.3. The Labute approximate surface area is 165 Å². The summed E-state index contributed by atoms with van der Waals surface area (Å²) in [5.41, 5.74) is 5.20. The Morgan fingerprint density at radius 2 is 2.07 bits per heavy atom. The Balaban J connectivity index is 1.60. The molecule has 0 unspecified atom stereocenters. The van der Waals surface area contributed by atoms with Gasteiger partial charge in [0.05, 0.1) is 12.0 Å². The largest absolute Gasteiger partial charge is 0.496 e. The molecule has 2 atom stereocenters. The number of carbonyl (C=O) groups excluding carboxylic acids is 1. The number of fused-ring (bicyclic) bond motifs is 3. The van der Waals surface area contributed by atoms with Gasteiger partial charge in [-0.3, -0.25) is 4.79 Å². The standard InChI is InChI=1S/C23H27NO2S/c1-13-20-16(12-17-21(20)23(17,2)3)22(27-13)18(25)10-8-14-7-9-15(24(4)5)11-19(14)26-6/h7-11,17,21H,12H2,1-6H3/b10-8+/t17-,21-/m1/s1. The van der Waals surface area contributed by atoms with E-state index in [0.717, 1.165) is 34.2 Å². The van der Waals surface area contributed by atoms with E-state index in [1.165, 1.54) is 16.0 Å². The second-order valence-electron chi connectivity index (χ2n) is 8.51. The molecule has 0 saturated heterocycles. The van der Waals surface area contributed by atoms with Crippen molar-refractivity contribution in [3.8, 4) is 5.75 Å². The molecular formula is C23H27NO2S. The van der Waals surface area contributed by atoms with Crippen molar-refractivity contribution in [2.45, 2.75) is 33.1 Å². The minimum absolute atomic E-state index is 0.113. The molecule has 1 saturated carbocycles. The summed E-state index contributed by atoms with van der Waals surface area (Å²) in [6.07, 6.45) is 4.64. The molecule has 1 aromatic carbocycles. The SMILES string of the molecule is COc1cc(N(C)C)ccc1/C=C/C(=O)c1sc(C)c2c1C[C@@H]1[C@H]2C1(C)C. The van der Waals surface area contributed by atoms with Gasteiger partial charge >= 0.3 is 0 Å². The molecule has 0 amide bonds. The molecule has 0 spiro atoms. The topological polar surface area (TPSA) is 29.5 Å². The number of methoxy groups -OCH3 is 1. The van der Waals surface area contributed by atoms with Crippen LogP contribution in [0.4, 0.5) is 5.69 Å². The van der Waals surface area contributed by atoms with E-state index in [0.29, 0.717) is 11.3 Å². The van der Waals surface area contributed by atoms with Crippen LogP contribution in [0, 0.1) is 18.3 Å². The van der Waals surface area contributed by atoms with Gasteiger partial charge in [0.25, 0.3) is 0 Å². The van der Waals surface area contributed by atoms with Crippen molar-refractivity contribution in [2.75, 3.05) is 26.1 Å². The molecule has 0 aliphatic heterocycles. The number of anilines is 1. The number of benzene rings is 1. The third-order valence-electron chi connectivity index (χ3n) is 6.39. The molecule has 0 radical (unpaired) electrons. The minimum Gasteiger partial charge on any atom is -0.496 e. The monoisotopic (exact) mass is 381 g/mol. The van der Waals surface area contributed by atoms with Crippen LogP contribution < -0.4 is 9.64 Å². The lowest BCUT2D eigenvalue weighted by Gasteiger charge is -2.14. The van der Waals surface area contributed by atoms with Gasteiger partial charge in [-0.05, 0) is 66.0 Å². The highest BCUT2D eigenvalue weighted by Crippen LogP contribution is 2.71. The first-order valence-electron chi connectivity index (χ1n) is 9.45. The third-order valence-corrected chi connectivity index (χ3v) is 7.57. The number of aryl methyl sites for hydroxylation is 1. The number of ether oxygens (including phenoxy) is 1. The quantitative estimate of drug-likeness (QED) is 0.518. The van der Waals surface area contributed by atoms with Crippen LogP contribution in [0.1, 0.15) is 51.0 Å². The van der Waals surface area contributed by atoms with E-state index in [1.807, 2.05) is 43.3 Å². The molecule has 3 nitrogen and oxygen atoms in total.